The highest BCUT2D eigenvalue weighted by molar-refractivity contribution is 7.99. The fraction of sp³-hybridized carbons (Fsp3) is 0.857. The highest BCUT2D eigenvalue weighted by Crippen LogP contribution is 2.19. The van der Waals surface area contributed by atoms with Crippen LogP contribution in [-0.2, 0) is 4.79 Å². The Morgan fingerprint density at radius 3 is 2.65 bits per heavy atom. The molecule has 0 aromatic heterocycles. The number of hydrogen-bond donors (Lipinski definition) is 1. The van der Waals surface area contributed by atoms with E-state index in [2.05, 4.69) is 6.92 Å². The summed E-state index contributed by atoms with van der Waals surface area (Å²) in [5, 5.41) is 9.27. The minimum Gasteiger partial charge on any atom is -0.480 e. The number of rotatable bonds is 6. The summed E-state index contributed by atoms with van der Waals surface area (Å²) >= 11 is 1.60. The van der Waals surface area contributed by atoms with Crippen molar-refractivity contribution in [3.8, 4) is 0 Å². The fourth-order valence-corrected chi connectivity index (χ4v) is 3.35. The zero-order chi connectivity index (χ0) is 15.1. The van der Waals surface area contributed by atoms with Crippen LogP contribution in [0.2, 0.25) is 0 Å². The third-order valence-electron chi connectivity index (χ3n) is 3.53. The van der Waals surface area contributed by atoms with Crippen LogP contribution < -0.4 is 0 Å². The van der Waals surface area contributed by atoms with Gasteiger partial charge in [0.15, 0.2) is 0 Å². The minimum absolute atomic E-state index is 0.100. The molecule has 0 bridgehead atoms. The molecule has 5 nitrogen and oxygen atoms in total. The molecule has 1 saturated heterocycles. The van der Waals surface area contributed by atoms with Gasteiger partial charge in [0.2, 0.25) is 0 Å². The van der Waals surface area contributed by atoms with Crippen LogP contribution in [0.5, 0.6) is 0 Å². The summed E-state index contributed by atoms with van der Waals surface area (Å²) in [5.41, 5.74) is 0. The van der Waals surface area contributed by atoms with Crippen LogP contribution in [0.25, 0.3) is 0 Å². The van der Waals surface area contributed by atoms with Crippen molar-refractivity contribution in [2.45, 2.75) is 52.1 Å². The average molecular weight is 302 g/mol. The van der Waals surface area contributed by atoms with E-state index in [-0.39, 0.29) is 12.1 Å². The number of amides is 2. The Bertz CT molecular complexity index is 336. The lowest BCUT2D eigenvalue weighted by atomic mass is 10.2. The van der Waals surface area contributed by atoms with Crippen molar-refractivity contribution < 1.29 is 14.7 Å². The van der Waals surface area contributed by atoms with Gasteiger partial charge in [0.1, 0.15) is 6.04 Å². The fourth-order valence-electron chi connectivity index (χ4n) is 2.31. The smallest absolute Gasteiger partial charge is 0.327 e. The zero-order valence-corrected chi connectivity index (χ0v) is 13.5. The first-order chi connectivity index (χ1) is 9.49. The molecular weight excluding hydrogens is 276 g/mol. The number of nitrogens with zero attached hydrogens (tertiary/aromatic N) is 2. The van der Waals surface area contributed by atoms with E-state index in [0.29, 0.717) is 18.8 Å². The molecule has 6 heteroatoms. The molecule has 1 aliphatic heterocycles. The molecule has 2 amide bonds. The molecule has 1 unspecified atom stereocenters. The van der Waals surface area contributed by atoms with Crippen molar-refractivity contribution in [3.05, 3.63) is 0 Å². The number of carbonyl (C=O) groups is 2. The van der Waals surface area contributed by atoms with E-state index < -0.39 is 12.0 Å². The third-order valence-corrected chi connectivity index (χ3v) is 4.55. The van der Waals surface area contributed by atoms with Gasteiger partial charge in [-0.2, -0.15) is 11.8 Å². The van der Waals surface area contributed by atoms with Gasteiger partial charge in [0.05, 0.1) is 0 Å². The Morgan fingerprint density at radius 1 is 1.40 bits per heavy atom. The van der Waals surface area contributed by atoms with E-state index >= 15 is 0 Å². The van der Waals surface area contributed by atoms with E-state index in [1.165, 1.54) is 4.90 Å². The lowest BCUT2D eigenvalue weighted by Crippen LogP contribution is -2.56. The summed E-state index contributed by atoms with van der Waals surface area (Å²) in [7, 11) is 0. The molecular formula is C14H26N2O3S. The molecule has 116 valence electrons. The topological polar surface area (TPSA) is 60.9 Å². The molecule has 0 radical (unpaired) electrons. The van der Waals surface area contributed by atoms with Crippen LogP contribution in [0.15, 0.2) is 0 Å². The predicted molar refractivity (Wildman–Crippen MR) is 82.2 cm³/mol. The molecule has 0 aromatic rings. The number of carbonyl (C=O) groups excluding carboxylic acids is 1. The lowest BCUT2D eigenvalue weighted by molar-refractivity contribution is -0.141. The summed E-state index contributed by atoms with van der Waals surface area (Å²) in [6.07, 6.45) is 3.17. The van der Waals surface area contributed by atoms with Gasteiger partial charge in [-0.15, -0.1) is 0 Å². The summed E-state index contributed by atoms with van der Waals surface area (Å²) in [5.74, 6) is 0.404. The van der Waals surface area contributed by atoms with Gasteiger partial charge in [-0.1, -0.05) is 19.8 Å². The van der Waals surface area contributed by atoms with E-state index in [1.807, 2.05) is 18.7 Å². The highest BCUT2D eigenvalue weighted by Gasteiger charge is 2.35. The van der Waals surface area contributed by atoms with Crippen LogP contribution in [0.4, 0.5) is 4.79 Å². The standard InChI is InChI=1S/C14H26N2O3S/c1-4-5-6-7-15(11(2)3)14(19)16-8-9-20-10-12(16)13(17)18/h11-12H,4-10H2,1-3H3,(H,17,18). The van der Waals surface area contributed by atoms with Crippen molar-refractivity contribution in [2.24, 2.45) is 0 Å². The quantitative estimate of drug-likeness (QED) is 0.766. The van der Waals surface area contributed by atoms with Crippen LogP contribution in [0.1, 0.15) is 40.0 Å². The van der Waals surface area contributed by atoms with E-state index in [0.717, 1.165) is 25.0 Å². The predicted octanol–water partition coefficient (Wildman–Crippen LogP) is 2.51. The Hall–Kier alpha value is -0.910. The number of hydrogen-bond acceptors (Lipinski definition) is 3. The monoisotopic (exact) mass is 302 g/mol. The Labute approximate surface area is 125 Å². The molecule has 1 rings (SSSR count). The first-order valence-electron chi connectivity index (χ1n) is 7.36. The Kier molecular flexibility index (Phi) is 7.19. The van der Waals surface area contributed by atoms with Gasteiger partial charge in [-0.3, -0.25) is 0 Å². The maximum Gasteiger partial charge on any atom is 0.327 e. The summed E-state index contributed by atoms with van der Waals surface area (Å²) in [4.78, 5) is 27.3. The molecule has 1 heterocycles. The number of thioether (sulfide) groups is 1. The molecule has 1 atom stereocenters. The van der Waals surface area contributed by atoms with Crippen LogP contribution >= 0.6 is 11.8 Å². The first kappa shape index (κ1) is 17.1. The van der Waals surface area contributed by atoms with Crippen LogP contribution in [-0.4, -0.2) is 63.6 Å². The van der Waals surface area contributed by atoms with Gasteiger partial charge < -0.3 is 14.9 Å². The van der Waals surface area contributed by atoms with Gasteiger partial charge in [-0.25, -0.2) is 9.59 Å². The second-order valence-electron chi connectivity index (χ2n) is 5.40. The zero-order valence-electron chi connectivity index (χ0n) is 12.7. The molecule has 1 fully saturated rings. The number of carboxylic acids is 1. The summed E-state index contributed by atoms with van der Waals surface area (Å²) < 4.78 is 0. The summed E-state index contributed by atoms with van der Waals surface area (Å²) in [6, 6.07) is -0.708. The second kappa shape index (κ2) is 8.39. The third kappa shape index (κ3) is 4.58. The van der Waals surface area contributed by atoms with Gasteiger partial charge in [0, 0.05) is 30.6 Å². The van der Waals surface area contributed by atoms with Gasteiger partial charge >= 0.3 is 12.0 Å². The molecule has 1 aliphatic rings. The SMILES string of the molecule is CCCCCN(C(=O)N1CCSCC1C(=O)O)C(C)C. The van der Waals surface area contributed by atoms with Crippen LogP contribution in [0, 0.1) is 0 Å². The molecule has 20 heavy (non-hydrogen) atoms. The number of carboxylic acid groups (broad SMARTS) is 1. The van der Waals surface area contributed by atoms with Gasteiger partial charge in [-0.05, 0) is 20.3 Å². The normalized spacial score (nSPS) is 19.2. The molecule has 0 saturated carbocycles. The van der Waals surface area contributed by atoms with Crippen molar-refractivity contribution in [3.63, 3.8) is 0 Å². The number of unbranched alkanes of at least 4 members (excludes halogenated alkanes) is 2. The maximum atomic E-state index is 12.6. The second-order valence-corrected chi connectivity index (χ2v) is 6.55. The molecule has 0 aromatic carbocycles. The van der Waals surface area contributed by atoms with Crippen molar-refractivity contribution >= 4 is 23.8 Å². The molecule has 0 aliphatic carbocycles. The first-order valence-corrected chi connectivity index (χ1v) is 8.52. The number of aliphatic carboxylic acids is 1. The maximum absolute atomic E-state index is 12.6. The highest BCUT2D eigenvalue weighted by atomic mass is 32.2. The Balaban J connectivity index is 2.73. The number of urea groups is 1. The van der Waals surface area contributed by atoms with Gasteiger partial charge in [0.25, 0.3) is 0 Å². The van der Waals surface area contributed by atoms with Crippen molar-refractivity contribution in [1.29, 1.82) is 0 Å². The Morgan fingerprint density at radius 2 is 2.10 bits per heavy atom. The van der Waals surface area contributed by atoms with Crippen LogP contribution in [0.3, 0.4) is 0 Å². The van der Waals surface area contributed by atoms with E-state index in [1.54, 1.807) is 11.8 Å². The average Bonchev–Trinajstić information content (AvgIpc) is 2.42. The molecule has 0 spiro atoms. The lowest BCUT2D eigenvalue weighted by Gasteiger charge is -2.38. The molecule has 1 N–H and O–H groups in total. The minimum atomic E-state index is -0.900. The van der Waals surface area contributed by atoms with Crippen molar-refractivity contribution in [2.75, 3.05) is 24.6 Å². The van der Waals surface area contributed by atoms with E-state index in [9.17, 15) is 14.7 Å². The largest absolute Gasteiger partial charge is 0.480 e. The summed E-state index contributed by atoms with van der Waals surface area (Å²) in [6.45, 7) is 7.33. The van der Waals surface area contributed by atoms with E-state index in [4.69, 9.17) is 0 Å². The van der Waals surface area contributed by atoms with Crippen molar-refractivity contribution in [1.82, 2.24) is 9.80 Å².